The first-order valence-corrected chi connectivity index (χ1v) is 5.11. The number of aryl methyl sites for hydroxylation is 1. The highest BCUT2D eigenvalue weighted by molar-refractivity contribution is 5.33. The lowest BCUT2D eigenvalue weighted by Gasteiger charge is -2.14. The minimum atomic E-state index is 0.799. The van der Waals surface area contributed by atoms with Gasteiger partial charge < -0.3 is 5.32 Å². The van der Waals surface area contributed by atoms with Crippen molar-refractivity contribution in [2.24, 2.45) is 7.05 Å². The highest BCUT2D eigenvalue weighted by Crippen LogP contribution is 2.42. The van der Waals surface area contributed by atoms with Crippen LogP contribution in [-0.4, -0.2) is 16.3 Å². The zero-order valence-electron chi connectivity index (χ0n) is 8.01. The van der Waals surface area contributed by atoms with E-state index in [1.54, 1.807) is 5.56 Å². The Labute approximate surface area is 78.1 Å². The van der Waals surface area contributed by atoms with Crippen LogP contribution >= 0.6 is 0 Å². The van der Waals surface area contributed by atoms with Crippen LogP contribution in [0.25, 0.3) is 0 Å². The van der Waals surface area contributed by atoms with E-state index in [0.717, 1.165) is 19.0 Å². The smallest absolute Gasteiger partial charge is 0.0691 e. The number of fused-ring (bicyclic) bond motifs is 1. The summed E-state index contributed by atoms with van der Waals surface area (Å²) in [7, 11) is 2.07. The highest BCUT2D eigenvalue weighted by Gasteiger charge is 2.31. The van der Waals surface area contributed by atoms with Gasteiger partial charge >= 0.3 is 0 Å². The van der Waals surface area contributed by atoms with E-state index in [9.17, 15) is 0 Å². The fourth-order valence-corrected chi connectivity index (χ4v) is 2.22. The van der Waals surface area contributed by atoms with Crippen LogP contribution in [-0.2, 0) is 20.0 Å². The Morgan fingerprint density at radius 1 is 1.46 bits per heavy atom. The fourth-order valence-electron chi connectivity index (χ4n) is 2.22. The molecule has 0 unspecified atom stereocenters. The summed E-state index contributed by atoms with van der Waals surface area (Å²) < 4.78 is 2.06. The van der Waals surface area contributed by atoms with Crippen molar-refractivity contribution in [1.82, 2.24) is 15.1 Å². The van der Waals surface area contributed by atoms with Crippen molar-refractivity contribution in [2.45, 2.75) is 31.7 Å². The molecule has 1 fully saturated rings. The van der Waals surface area contributed by atoms with Gasteiger partial charge in [0.15, 0.2) is 0 Å². The third kappa shape index (κ3) is 1.10. The third-order valence-electron chi connectivity index (χ3n) is 3.11. The maximum Gasteiger partial charge on any atom is 0.0691 e. The first-order valence-electron chi connectivity index (χ1n) is 5.11. The van der Waals surface area contributed by atoms with E-state index in [1.807, 2.05) is 0 Å². The van der Waals surface area contributed by atoms with Gasteiger partial charge in [0.2, 0.25) is 0 Å². The molecule has 0 spiro atoms. The van der Waals surface area contributed by atoms with E-state index >= 15 is 0 Å². The summed E-state index contributed by atoms with van der Waals surface area (Å²) in [5.74, 6) is 0.799. The number of hydrogen-bond donors (Lipinski definition) is 1. The van der Waals surface area contributed by atoms with E-state index < -0.39 is 0 Å². The van der Waals surface area contributed by atoms with Gasteiger partial charge in [0, 0.05) is 19.5 Å². The quantitative estimate of drug-likeness (QED) is 0.692. The van der Waals surface area contributed by atoms with Crippen LogP contribution in [0.2, 0.25) is 0 Å². The molecule has 1 aromatic rings. The second-order valence-corrected chi connectivity index (χ2v) is 4.14. The Hall–Kier alpha value is -0.830. The van der Waals surface area contributed by atoms with Crippen LogP contribution in [0.3, 0.4) is 0 Å². The zero-order chi connectivity index (χ0) is 8.84. The monoisotopic (exact) mass is 177 g/mol. The number of hydrogen-bond acceptors (Lipinski definition) is 2. The molecule has 0 amide bonds. The minimum Gasteiger partial charge on any atom is -0.311 e. The molecule has 1 aliphatic heterocycles. The summed E-state index contributed by atoms with van der Waals surface area (Å²) in [6, 6.07) is 0. The minimum absolute atomic E-state index is 0.799. The molecule has 3 rings (SSSR count). The van der Waals surface area contributed by atoms with Crippen LogP contribution < -0.4 is 5.32 Å². The van der Waals surface area contributed by atoms with Gasteiger partial charge in [0.25, 0.3) is 0 Å². The summed E-state index contributed by atoms with van der Waals surface area (Å²) in [5.41, 5.74) is 4.36. The fraction of sp³-hybridized carbons (Fsp3) is 0.700. The topological polar surface area (TPSA) is 29.9 Å². The number of aromatic nitrogens is 2. The summed E-state index contributed by atoms with van der Waals surface area (Å²) in [6.45, 7) is 2.13. The third-order valence-corrected chi connectivity index (χ3v) is 3.11. The predicted octanol–water partition coefficient (Wildman–Crippen LogP) is 0.943. The molecule has 0 saturated heterocycles. The Morgan fingerprint density at radius 3 is 3.08 bits per heavy atom. The molecule has 0 bridgehead atoms. The van der Waals surface area contributed by atoms with Gasteiger partial charge in [-0.05, 0) is 31.4 Å². The Morgan fingerprint density at radius 2 is 2.31 bits per heavy atom. The molecule has 1 aromatic heterocycles. The van der Waals surface area contributed by atoms with Crippen LogP contribution in [0.5, 0.6) is 0 Å². The lowest BCUT2D eigenvalue weighted by atomic mass is 10.0. The van der Waals surface area contributed by atoms with Crippen molar-refractivity contribution in [1.29, 1.82) is 0 Å². The van der Waals surface area contributed by atoms with Crippen molar-refractivity contribution in [3.63, 3.8) is 0 Å². The van der Waals surface area contributed by atoms with Crippen molar-refractivity contribution in [3.05, 3.63) is 17.0 Å². The second kappa shape index (κ2) is 2.58. The average molecular weight is 177 g/mol. The van der Waals surface area contributed by atoms with Crippen molar-refractivity contribution in [3.8, 4) is 0 Å². The molecule has 1 saturated carbocycles. The maximum atomic E-state index is 4.63. The van der Waals surface area contributed by atoms with Gasteiger partial charge in [-0.25, -0.2) is 0 Å². The van der Waals surface area contributed by atoms with E-state index in [1.165, 1.54) is 30.7 Å². The summed E-state index contributed by atoms with van der Waals surface area (Å²) in [5, 5.41) is 8.02. The first-order chi connectivity index (χ1) is 6.36. The van der Waals surface area contributed by atoms with Gasteiger partial charge in [0.05, 0.1) is 11.4 Å². The number of nitrogens with one attached hydrogen (secondary N) is 1. The van der Waals surface area contributed by atoms with Crippen molar-refractivity contribution in [2.75, 3.05) is 6.54 Å². The summed E-state index contributed by atoms with van der Waals surface area (Å²) >= 11 is 0. The Bertz CT molecular complexity index is 336. The highest BCUT2D eigenvalue weighted by atomic mass is 15.3. The molecule has 1 aliphatic carbocycles. The van der Waals surface area contributed by atoms with Crippen LogP contribution in [0.1, 0.15) is 35.7 Å². The average Bonchev–Trinajstić information content (AvgIpc) is 2.94. The maximum absolute atomic E-state index is 4.63. The SMILES string of the molecule is Cn1nc(C2CC2)c2c1CNCC2. The normalized spacial score (nSPS) is 21.6. The van der Waals surface area contributed by atoms with Crippen molar-refractivity contribution >= 4 is 0 Å². The zero-order valence-corrected chi connectivity index (χ0v) is 8.01. The molecule has 0 radical (unpaired) electrons. The summed E-state index contributed by atoms with van der Waals surface area (Å²) in [4.78, 5) is 0. The molecule has 0 aromatic carbocycles. The lowest BCUT2D eigenvalue weighted by molar-refractivity contribution is 0.593. The van der Waals surface area contributed by atoms with Gasteiger partial charge in [0.1, 0.15) is 0 Å². The Balaban J connectivity index is 2.09. The molecule has 0 atom stereocenters. The molecule has 2 heterocycles. The summed E-state index contributed by atoms with van der Waals surface area (Å²) in [6.07, 6.45) is 3.89. The van der Waals surface area contributed by atoms with Crippen molar-refractivity contribution < 1.29 is 0 Å². The van der Waals surface area contributed by atoms with Gasteiger partial charge in [-0.2, -0.15) is 5.10 Å². The van der Waals surface area contributed by atoms with Gasteiger partial charge in [-0.1, -0.05) is 0 Å². The van der Waals surface area contributed by atoms with Gasteiger partial charge in [-0.3, -0.25) is 4.68 Å². The van der Waals surface area contributed by atoms with E-state index in [4.69, 9.17) is 0 Å². The Kier molecular flexibility index (Phi) is 1.50. The van der Waals surface area contributed by atoms with E-state index in [-0.39, 0.29) is 0 Å². The second-order valence-electron chi connectivity index (χ2n) is 4.14. The van der Waals surface area contributed by atoms with Crippen LogP contribution in [0.15, 0.2) is 0 Å². The van der Waals surface area contributed by atoms with E-state index in [2.05, 4.69) is 22.1 Å². The molecule has 3 heteroatoms. The van der Waals surface area contributed by atoms with Gasteiger partial charge in [-0.15, -0.1) is 0 Å². The predicted molar refractivity (Wildman–Crippen MR) is 50.6 cm³/mol. The molecular weight excluding hydrogens is 162 g/mol. The molecule has 70 valence electrons. The molecule has 2 aliphatic rings. The molecular formula is C10H15N3. The largest absolute Gasteiger partial charge is 0.311 e. The number of rotatable bonds is 1. The first kappa shape index (κ1) is 7.56. The van der Waals surface area contributed by atoms with Crippen LogP contribution in [0, 0.1) is 0 Å². The molecule has 1 N–H and O–H groups in total. The van der Waals surface area contributed by atoms with Crippen LogP contribution in [0.4, 0.5) is 0 Å². The standard InChI is InChI=1S/C10H15N3/c1-13-9-6-11-5-4-8(9)10(12-13)7-2-3-7/h7,11H,2-6H2,1H3. The molecule has 3 nitrogen and oxygen atoms in total. The number of nitrogens with zero attached hydrogens (tertiary/aromatic N) is 2. The lowest BCUT2D eigenvalue weighted by Crippen LogP contribution is -2.24. The van der Waals surface area contributed by atoms with E-state index in [0.29, 0.717) is 0 Å². The molecule has 13 heavy (non-hydrogen) atoms.